The molecule has 0 fully saturated rings. The Morgan fingerprint density at radius 3 is 1.16 bits per heavy atom. The minimum atomic E-state index is 0. The van der Waals surface area contributed by atoms with Crippen molar-refractivity contribution in [1.29, 1.82) is 0 Å². The molecule has 0 spiro atoms. The van der Waals surface area contributed by atoms with Crippen molar-refractivity contribution in [2.24, 2.45) is 0 Å². The van der Waals surface area contributed by atoms with Crippen LogP contribution in [0.3, 0.4) is 0 Å². The van der Waals surface area contributed by atoms with Crippen LogP contribution < -0.4 is 0 Å². The Labute approximate surface area is 641 Å². The van der Waals surface area contributed by atoms with Gasteiger partial charge in [0.2, 0.25) is 0 Å². The summed E-state index contributed by atoms with van der Waals surface area (Å²) in [6.45, 7) is 20.1. The van der Waals surface area contributed by atoms with Crippen molar-refractivity contribution >= 4 is 0 Å². The van der Waals surface area contributed by atoms with Gasteiger partial charge in [-0.1, -0.05) is 75.4 Å². The first kappa shape index (κ1) is 84.0. The van der Waals surface area contributed by atoms with E-state index in [-0.39, 0.29) is 121 Å². The molecule has 7 aromatic carbocycles. The predicted octanol–water partition coefficient (Wildman–Crippen LogP) is 16.9. The summed E-state index contributed by atoms with van der Waals surface area (Å²) in [6, 6.07) is 82.4. The van der Waals surface area contributed by atoms with Crippen molar-refractivity contribution in [3.63, 3.8) is 0 Å². The number of aromatic nitrogens is 12. The van der Waals surface area contributed by atoms with Gasteiger partial charge in [-0.25, -0.2) is 29.9 Å². The molecule has 12 nitrogen and oxygen atoms in total. The number of aryl methyl sites for hydroxylation is 7. The van der Waals surface area contributed by atoms with Gasteiger partial charge in [0.15, 0.2) is 0 Å². The fraction of sp³-hybridized carbons (Fsp3) is 0.143. The summed E-state index contributed by atoms with van der Waals surface area (Å²) in [6.07, 6.45) is 7.98. The van der Waals surface area contributed by atoms with Crippen molar-refractivity contribution < 1.29 is 121 Å². The second-order valence-electron chi connectivity index (χ2n) is 20.7. The van der Waals surface area contributed by atoms with Gasteiger partial charge in [-0.2, -0.15) is 0 Å². The Hall–Kier alpha value is -7.08. The monoisotopic (exact) mass is 2320 g/mol. The van der Waals surface area contributed by atoms with Crippen LogP contribution in [-0.2, 0) is 121 Å². The van der Waals surface area contributed by atoms with Gasteiger partial charge >= 0.3 is 0 Å². The summed E-state index contributed by atoms with van der Waals surface area (Å²) >= 11 is 0. The van der Waals surface area contributed by atoms with Crippen molar-refractivity contribution in [2.75, 3.05) is 0 Å². The quantitative estimate of drug-likeness (QED) is 0.133. The van der Waals surface area contributed by atoms with Crippen LogP contribution in [0.1, 0.15) is 70.9 Å². The van der Waals surface area contributed by atoms with Crippen molar-refractivity contribution in [2.45, 2.75) is 75.2 Å². The zero-order chi connectivity index (χ0) is 62.7. The number of hydrogen-bond acceptors (Lipinski definition) is 12. The maximum absolute atomic E-state index is 4.44. The summed E-state index contributed by atoms with van der Waals surface area (Å²) in [7, 11) is 0. The first-order valence-corrected chi connectivity index (χ1v) is 29.0. The van der Waals surface area contributed by atoms with E-state index in [1.54, 1.807) is 31.6 Å². The third kappa shape index (κ3) is 26.8. The molecule has 6 radical (unpaired) electrons. The molecule has 0 unspecified atom stereocenters. The second kappa shape index (κ2) is 44.6. The van der Waals surface area contributed by atoms with E-state index in [0.29, 0.717) is 5.92 Å². The summed E-state index contributed by atoms with van der Waals surface area (Å²) in [5.74, 6) is 1.23. The topological polar surface area (TPSA) is 155 Å². The van der Waals surface area contributed by atoms with Gasteiger partial charge in [0.05, 0.1) is 0 Å². The van der Waals surface area contributed by atoms with Crippen LogP contribution in [0.25, 0.3) is 78.7 Å². The molecule has 13 rings (SSSR count). The second-order valence-corrected chi connectivity index (χ2v) is 20.7. The maximum Gasteiger partial charge on any atom is 0.116 e. The largest absolute Gasteiger partial charge is 0.286 e. The predicted molar refractivity (Wildman–Crippen MR) is 355 cm³/mol. The van der Waals surface area contributed by atoms with Crippen LogP contribution >= 0.6 is 0 Å². The smallest absolute Gasteiger partial charge is 0.116 e. The summed E-state index contributed by atoms with van der Waals surface area (Å²) in [5, 5.41) is 0. The van der Waals surface area contributed by atoms with Gasteiger partial charge in [-0.15, -0.1) is 215 Å². The van der Waals surface area contributed by atoms with Gasteiger partial charge in [-0.3, -0.25) is 29.9 Å². The Kier molecular flexibility index (Phi) is 39.5. The van der Waals surface area contributed by atoms with Gasteiger partial charge in [0.25, 0.3) is 0 Å². The standard InChI is InChI=1S/C17H13N2.C13H13N2.3C12H11N2.C11H9N2.6Ir/c1-13-16(14-8-4-2-5-9-14)17(19-12-18-13)15-10-6-3-7-11-15;1-10(2)12-8-13(15-9-14-12)11-6-4-3-5-7-11;1-9-3-5-11(6-4-9)12-7-10(2)13-8-14-12;1-9-10(2)13-8-14-12(9)11-6-4-3-5-7-11;1-9-8-12(14-10(2)13-9)11-6-4-3-5-7-11;1-9-7-11(13-8-12-9)10-5-3-2-4-6-10;;;;;;/h2-10,12H,1H3;3-6,8-10H,1-2H3;3-5,7-8H,1-2H3;2*3-6,8H,1-2H3;2-5,7-8H,1H3;;;;;;/q6*-1;;;;;;. The van der Waals surface area contributed by atoms with Crippen LogP contribution in [0, 0.1) is 91.8 Å². The molecular formula is C77H68Ir6N12-6. The average Bonchev–Trinajstić information content (AvgIpc) is 0.911. The van der Waals surface area contributed by atoms with Crippen LogP contribution in [0.5, 0.6) is 0 Å². The Bertz CT molecular complexity index is 4240. The van der Waals surface area contributed by atoms with Gasteiger partial charge in [0.1, 0.15) is 37.5 Å². The molecule has 0 amide bonds. The number of benzene rings is 7. The van der Waals surface area contributed by atoms with Gasteiger partial charge < -0.3 is 0 Å². The average molecular weight is 2310 g/mol. The SMILES string of the molecule is CC(C)c1cc(-c2[c-]cccc2)ncn1.Cc1c[c-]c(-c2cc(C)ncn2)cc1.Cc1cc(-c2[c-]cccc2)nc(C)n1.Cc1cc(-c2[c-]cccc2)ncn1.Cc1ncnc(-c2[c-]cccc2)c1-c1ccccc1.Cc1ncnc(-c2[c-]cccc2)c1C.[Ir].[Ir].[Ir].[Ir].[Ir].[Ir]. The van der Waals surface area contributed by atoms with Crippen LogP contribution in [-0.4, -0.2) is 59.8 Å². The Balaban J connectivity index is 0.000000385. The normalized spacial score (nSPS) is 9.59. The number of hydrogen-bond donors (Lipinski definition) is 0. The molecule has 0 atom stereocenters. The molecule has 0 bridgehead atoms. The zero-order valence-electron chi connectivity index (χ0n) is 53.8. The first-order valence-electron chi connectivity index (χ1n) is 29.0. The first-order chi connectivity index (χ1) is 43.3. The molecule has 496 valence electrons. The third-order valence-electron chi connectivity index (χ3n) is 13.4. The van der Waals surface area contributed by atoms with E-state index in [1.807, 2.05) is 231 Å². The maximum atomic E-state index is 4.44. The van der Waals surface area contributed by atoms with E-state index in [1.165, 1.54) is 5.56 Å². The van der Waals surface area contributed by atoms with E-state index < -0.39 is 0 Å². The number of rotatable bonds is 8. The fourth-order valence-electron chi connectivity index (χ4n) is 8.73. The minimum absolute atomic E-state index is 0. The van der Waals surface area contributed by atoms with E-state index >= 15 is 0 Å². The van der Waals surface area contributed by atoms with Crippen LogP contribution in [0.4, 0.5) is 0 Å². The molecule has 0 aliphatic carbocycles. The summed E-state index contributed by atoms with van der Waals surface area (Å²) in [5.41, 5.74) is 22.2. The van der Waals surface area contributed by atoms with Crippen molar-refractivity contribution in [3.8, 4) is 78.7 Å². The van der Waals surface area contributed by atoms with E-state index in [0.717, 1.165) is 124 Å². The van der Waals surface area contributed by atoms with Crippen LogP contribution in [0.15, 0.2) is 226 Å². The summed E-state index contributed by atoms with van der Waals surface area (Å²) in [4.78, 5) is 50.7. The molecule has 0 aliphatic rings. The van der Waals surface area contributed by atoms with Gasteiger partial charge in [-0.05, 0) is 105 Å². The van der Waals surface area contributed by atoms with Crippen molar-refractivity contribution in [3.05, 3.63) is 313 Å². The van der Waals surface area contributed by atoms with E-state index in [2.05, 4.69) is 128 Å². The molecule has 6 aromatic heterocycles. The minimum Gasteiger partial charge on any atom is -0.286 e. The molecule has 13 aromatic rings. The zero-order valence-corrected chi connectivity index (χ0v) is 68.2. The molecule has 0 saturated heterocycles. The summed E-state index contributed by atoms with van der Waals surface area (Å²) < 4.78 is 0. The Morgan fingerprint density at radius 2 is 0.716 bits per heavy atom. The van der Waals surface area contributed by atoms with Gasteiger partial charge in [0, 0.05) is 155 Å². The molecule has 0 N–H and O–H groups in total. The number of nitrogens with zero attached hydrogens (tertiary/aromatic N) is 12. The van der Waals surface area contributed by atoms with E-state index in [4.69, 9.17) is 0 Å². The third-order valence-corrected chi connectivity index (χ3v) is 13.4. The van der Waals surface area contributed by atoms with Crippen LogP contribution in [0.2, 0.25) is 0 Å². The molecule has 0 saturated carbocycles. The van der Waals surface area contributed by atoms with E-state index in [9.17, 15) is 0 Å². The molecule has 18 heteroatoms. The van der Waals surface area contributed by atoms with Crippen molar-refractivity contribution in [1.82, 2.24) is 59.8 Å². The molecule has 0 aliphatic heterocycles. The Morgan fingerprint density at radius 1 is 0.316 bits per heavy atom. The fourth-order valence-corrected chi connectivity index (χ4v) is 8.73. The molecular weight excluding hydrogens is 2250 g/mol. The molecule has 6 heterocycles. The molecule has 95 heavy (non-hydrogen) atoms.